The highest BCUT2D eigenvalue weighted by atomic mass is 19.1. The van der Waals surface area contributed by atoms with Gasteiger partial charge in [-0.3, -0.25) is 14.6 Å². The van der Waals surface area contributed by atoms with Gasteiger partial charge in [-0.2, -0.15) is 0 Å². The second-order valence-corrected chi connectivity index (χ2v) is 8.56. The fourth-order valence-corrected chi connectivity index (χ4v) is 4.31. The summed E-state index contributed by atoms with van der Waals surface area (Å²) in [6, 6.07) is 9.08. The van der Waals surface area contributed by atoms with Crippen LogP contribution in [0.2, 0.25) is 0 Å². The van der Waals surface area contributed by atoms with Gasteiger partial charge < -0.3 is 14.7 Å². The van der Waals surface area contributed by atoms with Gasteiger partial charge in [-0.1, -0.05) is 6.07 Å². The summed E-state index contributed by atoms with van der Waals surface area (Å²) >= 11 is 0. The van der Waals surface area contributed by atoms with Crippen LogP contribution in [0, 0.1) is 17.6 Å². The first-order valence-electron chi connectivity index (χ1n) is 10.9. The van der Waals surface area contributed by atoms with Crippen molar-refractivity contribution in [1.82, 2.24) is 9.80 Å². The topological polar surface area (TPSA) is 56.2 Å². The van der Waals surface area contributed by atoms with Gasteiger partial charge >= 0.3 is 0 Å². The van der Waals surface area contributed by atoms with Crippen molar-refractivity contribution in [1.29, 1.82) is 0 Å². The van der Waals surface area contributed by atoms with Crippen LogP contribution in [-0.4, -0.2) is 60.7 Å². The summed E-state index contributed by atoms with van der Waals surface area (Å²) in [5.41, 5.74) is 2.33. The Bertz CT molecular complexity index is 1090. The van der Waals surface area contributed by atoms with E-state index in [1.54, 1.807) is 29.3 Å². The number of carbonyl (C=O) groups excluding carboxylic acids is 2. The van der Waals surface area contributed by atoms with Crippen molar-refractivity contribution < 1.29 is 18.4 Å². The Balaban J connectivity index is 1.29. The lowest BCUT2D eigenvalue weighted by Crippen LogP contribution is -2.51. The highest BCUT2D eigenvalue weighted by Crippen LogP contribution is 2.31. The smallest absolute Gasteiger partial charge is 0.256 e. The highest BCUT2D eigenvalue weighted by molar-refractivity contribution is 5.95. The van der Waals surface area contributed by atoms with Crippen molar-refractivity contribution in [2.75, 3.05) is 37.7 Å². The van der Waals surface area contributed by atoms with Crippen LogP contribution in [0.25, 0.3) is 0 Å². The zero-order chi connectivity index (χ0) is 22.2. The van der Waals surface area contributed by atoms with Crippen LogP contribution >= 0.6 is 0 Å². The van der Waals surface area contributed by atoms with Crippen LogP contribution in [0.3, 0.4) is 0 Å². The zero-order valence-corrected chi connectivity index (χ0v) is 17.6. The molecule has 1 saturated carbocycles. The molecule has 1 aliphatic carbocycles. The number of benzene rings is 2. The van der Waals surface area contributed by atoms with Crippen molar-refractivity contribution >= 4 is 23.7 Å². The maximum absolute atomic E-state index is 14.6. The average Bonchev–Trinajstić information content (AvgIpc) is 3.65. The Morgan fingerprint density at radius 1 is 0.969 bits per heavy atom. The normalized spacial score (nSPS) is 18.0. The summed E-state index contributed by atoms with van der Waals surface area (Å²) in [5.74, 6) is -0.913. The van der Waals surface area contributed by atoms with Gasteiger partial charge in [0.15, 0.2) is 0 Å². The van der Waals surface area contributed by atoms with E-state index < -0.39 is 5.82 Å². The molecule has 0 bridgehead atoms. The number of carbonyl (C=O) groups is 2. The van der Waals surface area contributed by atoms with E-state index in [2.05, 4.69) is 4.99 Å². The molecular weight excluding hydrogens is 414 g/mol. The Labute approximate surface area is 185 Å². The predicted octanol–water partition coefficient (Wildman–Crippen LogP) is 3.06. The number of piperazine rings is 1. The van der Waals surface area contributed by atoms with E-state index in [0.29, 0.717) is 45.0 Å². The third-order valence-corrected chi connectivity index (χ3v) is 6.25. The third kappa shape index (κ3) is 4.09. The van der Waals surface area contributed by atoms with Crippen molar-refractivity contribution in [3.63, 3.8) is 0 Å². The molecule has 0 aromatic heterocycles. The number of halogens is 2. The van der Waals surface area contributed by atoms with Crippen LogP contribution in [0.5, 0.6) is 0 Å². The van der Waals surface area contributed by atoms with E-state index in [1.807, 2.05) is 9.80 Å². The second kappa shape index (κ2) is 8.33. The van der Waals surface area contributed by atoms with Crippen molar-refractivity contribution in [2.24, 2.45) is 10.9 Å². The van der Waals surface area contributed by atoms with E-state index in [9.17, 15) is 18.4 Å². The Morgan fingerprint density at radius 3 is 2.47 bits per heavy atom. The summed E-state index contributed by atoms with van der Waals surface area (Å²) in [7, 11) is 0. The first-order valence-corrected chi connectivity index (χ1v) is 10.9. The molecule has 5 rings (SSSR count). The van der Waals surface area contributed by atoms with Gasteiger partial charge in [0.25, 0.3) is 5.91 Å². The van der Waals surface area contributed by atoms with Gasteiger partial charge in [0, 0.05) is 56.1 Å². The van der Waals surface area contributed by atoms with Gasteiger partial charge in [-0.15, -0.1) is 0 Å². The Hall–Kier alpha value is -3.29. The number of hydrogen-bond donors (Lipinski definition) is 0. The number of hydrogen-bond acceptors (Lipinski definition) is 4. The molecule has 6 nitrogen and oxygen atoms in total. The molecule has 0 spiro atoms. The molecule has 2 aromatic carbocycles. The van der Waals surface area contributed by atoms with E-state index in [1.165, 1.54) is 18.2 Å². The highest BCUT2D eigenvalue weighted by Gasteiger charge is 2.35. The van der Waals surface area contributed by atoms with Crippen molar-refractivity contribution in [3.8, 4) is 0 Å². The molecule has 1 saturated heterocycles. The molecule has 0 unspecified atom stereocenters. The maximum Gasteiger partial charge on any atom is 0.256 e. The van der Waals surface area contributed by atoms with Gasteiger partial charge in [-0.05, 0) is 48.7 Å². The molecule has 8 heteroatoms. The quantitative estimate of drug-likeness (QED) is 0.737. The van der Waals surface area contributed by atoms with Gasteiger partial charge in [0.1, 0.15) is 18.3 Å². The van der Waals surface area contributed by atoms with Crippen molar-refractivity contribution in [3.05, 3.63) is 64.7 Å². The minimum absolute atomic E-state index is 0.0318. The standard InChI is InChI=1S/C24H24F2N4O2/c25-19-4-6-22-18(12-19)13-27-15-30(22)14-16-1-5-21(26)20(11-16)24(32)29-9-7-28(8-10-29)23(31)17-2-3-17/h1,4-6,11-13,17H,2-3,7-10,14-15H2. The number of rotatable bonds is 4. The van der Waals surface area contributed by atoms with Gasteiger partial charge in [0.2, 0.25) is 5.91 Å². The fraction of sp³-hybridized carbons (Fsp3) is 0.375. The molecule has 2 aliphatic heterocycles. The first kappa shape index (κ1) is 20.6. The summed E-state index contributed by atoms with van der Waals surface area (Å²) in [6.45, 7) is 2.60. The molecule has 2 heterocycles. The number of nitrogens with zero attached hydrogens (tertiary/aromatic N) is 4. The van der Waals surface area contributed by atoms with E-state index in [4.69, 9.17) is 0 Å². The molecule has 0 radical (unpaired) electrons. The average molecular weight is 438 g/mol. The van der Waals surface area contributed by atoms with E-state index in [-0.39, 0.29) is 29.1 Å². The number of aliphatic imine (C=N–C) groups is 1. The van der Waals surface area contributed by atoms with Crippen LogP contribution in [0.1, 0.15) is 34.3 Å². The second-order valence-electron chi connectivity index (χ2n) is 8.56. The fourth-order valence-electron chi connectivity index (χ4n) is 4.31. The number of fused-ring (bicyclic) bond motifs is 1. The number of anilines is 1. The maximum atomic E-state index is 14.6. The van der Waals surface area contributed by atoms with E-state index in [0.717, 1.165) is 24.1 Å². The minimum Gasteiger partial charge on any atom is -0.347 e. The molecule has 0 N–H and O–H groups in total. The van der Waals surface area contributed by atoms with Crippen LogP contribution in [0.15, 0.2) is 41.4 Å². The van der Waals surface area contributed by atoms with Gasteiger partial charge in [0.05, 0.1) is 5.56 Å². The Morgan fingerprint density at radius 2 is 1.72 bits per heavy atom. The Kier molecular flexibility index (Phi) is 5.36. The summed E-state index contributed by atoms with van der Waals surface area (Å²) in [4.78, 5) is 34.9. The summed E-state index contributed by atoms with van der Waals surface area (Å²) in [6.07, 6.45) is 3.55. The lowest BCUT2D eigenvalue weighted by Gasteiger charge is -2.35. The molecule has 2 aromatic rings. The molecule has 0 atom stereocenters. The molecule has 2 amide bonds. The third-order valence-electron chi connectivity index (χ3n) is 6.25. The largest absolute Gasteiger partial charge is 0.347 e. The summed E-state index contributed by atoms with van der Waals surface area (Å²) < 4.78 is 28.1. The molecule has 32 heavy (non-hydrogen) atoms. The van der Waals surface area contributed by atoms with Crippen LogP contribution in [0.4, 0.5) is 14.5 Å². The van der Waals surface area contributed by atoms with E-state index >= 15 is 0 Å². The lowest BCUT2D eigenvalue weighted by molar-refractivity contribution is -0.134. The molecule has 166 valence electrons. The van der Waals surface area contributed by atoms with Crippen molar-refractivity contribution in [2.45, 2.75) is 19.4 Å². The van der Waals surface area contributed by atoms with Crippen LogP contribution in [-0.2, 0) is 11.3 Å². The monoisotopic (exact) mass is 438 g/mol. The predicted molar refractivity (Wildman–Crippen MR) is 117 cm³/mol. The SMILES string of the molecule is O=C(c1cc(CN2CN=Cc3cc(F)ccc32)ccc1F)N1CCN(C(=O)C2CC2)CC1. The molecular formula is C24H24F2N4O2. The summed E-state index contributed by atoms with van der Waals surface area (Å²) in [5, 5.41) is 0. The minimum atomic E-state index is -0.561. The molecule has 2 fully saturated rings. The molecule has 3 aliphatic rings. The number of amides is 2. The lowest BCUT2D eigenvalue weighted by atomic mass is 10.1. The zero-order valence-electron chi connectivity index (χ0n) is 17.6. The van der Waals surface area contributed by atoms with Crippen LogP contribution < -0.4 is 4.90 Å². The first-order chi connectivity index (χ1) is 15.5. The van der Waals surface area contributed by atoms with Gasteiger partial charge in [-0.25, -0.2) is 8.78 Å².